The Morgan fingerprint density at radius 3 is 2.83 bits per heavy atom. The van der Waals surface area contributed by atoms with E-state index in [-0.39, 0.29) is 24.0 Å². The van der Waals surface area contributed by atoms with E-state index in [1.165, 1.54) is 0 Å². The maximum atomic E-state index is 11.9. The molecule has 1 aliphatic heterocycles. The van der Waals surface area contributed by atoms with Gasteiger partial charge < -0.3 is 10.6 Å². The molecule has 2 aromatic rings. The Bertz CT molecular complexity index is 696. The Kier molecular flexibility index (Phi) is 5.35. The molecule has 7 nitrogen and oxygen atoms in total. The summed E-state index contributed by atoms with van der Waals surface area (Å²) >= 11 is 3.42. The first-order valence-corrected chi connectivity index (χ1v) is 9.10. The Hall–Kier alpha value is -1.67. The van der Waals surface area contributed by atoms with Crippen LogP contribution in [0.15, 0.2) is 29.3 Å². The van der Waals surface area contributed by atoms with Gasteiger partial charge in [-0.25, -0.2) is 0 Å². The number of hydrogen-bond acceptors (Lipinski definition) is 4. The molecule has 0 saturated carbocycles. The van der Waals surface area contributed by atoms with Gasteiger partial charge in [-0.1, -0.05) is 0 Å². The zero-order chi connectivity index (χ0) is 17.1. The third-order valence-electron chi connectivity index (χ3n) is 4.30. The van der Waals surface area contributed by atoms with E-state index in [0.717, 1.165) is 29.5 Å². The van der Waals surface area contributed by atoms with Crippen LogP contribution in [0.2, 0.25) is 0 Å². The number of carbonyl (C=O) groups excluding carboxylic acids is 1. The SMILES string of the molecule is CCn1cc([C@@H]2NC(=O)CC[C@H]2N[C@H](C)Cn2cc(Br)cn2)cn1. The number of hydrogen-bond donors (Lipinski definition) is 2. The summed E-state index contributed by atoms with van der Waals surface area (Å²) in [6.45, 7) is 5.79. The minimum absolute atomic E-state index is 0.0432. The van der Waals surface area contributed by atoms with Crippen LogP contribution in [0.4, 0.5) is 0 Å². The number of nitrogens with zero attached hydrogens (tertiary/aromatic N) is 4. The van der Waals surface area contributed by atoms with Crippen molar-refractivity contribution in [1.82, 2.24) is 30.2 Å². The fraction of sp³-hybridized carbons (Fsp3) is 0.562. The fourth-order valence-corrected chi connectivity index (χ4v) is 3.47. The summed E-state index contributed by atoms with van der Waals surface area (Å²) in [6, 6.07) is 0.380. The second-order valence-electron chi connectivity index (χ2n) is 6.27. The fourth-order valence-electron chi connectivity index (χ4n) is 3.14. The molecule has 0 aliphatic carbocycles. The van der Waals surface area contributed by atoms with E-state index >= 15 is 0 Å². The van der Waals surface area contributed by atoms with Crippen LogP contribution in [0.5, 0.6) is 0 Å². The average molecular weight is 395 g/mol. The van der Waals surface area contributed by atoms with Gasteiger partial charge in [-0.3, -0.25) is 14.2 Å². The molecule has 8 heteroatoms. The Labute approximate surface area is 149 Å². The molecule has 0 aromatic carbocycles. The van der Waals surface area contributed by atoms with Crippen molar-refractivity contribution in [2.24, 2.45) is 0 Å². The molecule has 1 fully saturated rings. The topological polar surface area (TPSA) is 76.8 Å². The Balaban J connectivity index is 1.68. The van der Waals surface area contributed by atoms with Crippen LogP contribution in [-0.2, 0) is 17.9 Å². The largest absolute Gasteiger partial charge is 0.348 e. The minimum Gasteiger partial charge on any atom is -0.348 e. The summed E-state index contributed by atoms with van der Waals surface area (Å²) in [5.41, 5.74) is 1.05. The molecule has 0 spiro atoms. The molecule has 130 valence electrons. The molecule has 1 amide bonds. The lowest BCUT2D eigenvalue weighted by Crippen LogP contribution is -2.51. The highest BCUT2D eigenvalue weighted by Gasteiger charge is 2.31. The van der Waals surface area contributed by atoms with Crippen LogP contribution < -0.4 is 10.6 Å². The molecule has 3 rings (SSSR count). The van der Waals surface area contributed by atoms with E-state index in [9.17, 15) is 4.79 Å². The van der Waals surface area contributed by atoms with Crippen molar-refractivity contribution < 1.29 is 4.79 Å². The lowest BCUT2D eigenvalue weighted by molar-refractivity contribution is -0.124. The molecule has 1 saturated heterocycles. The summed E-state index contributed by atoms with van der Waals surface area (Å²) in [6.07, 6.45) is 8.99. The van der Waals surface area contributed by atoms with Gasteiger partial charge in [-0.05, 0) is 36.2 Å². The van der Waals surface area contributed by atoms with Gasteiger partial charge >= 0.3 is 0 Å². The van der Waals surface area contributed by atoms with Gasteiger partial charge in [0.05, 0.1) is 29.5 Å². The number of nitrogens with one attached hydrogen (secondary N) is 2. The molecule has 0 unspecified atom stereocenters. The molecule has 24 heavy (non-hydrogen) atoms. The quantitative estimate of drug-likeness (QED) is 0.783. The molecular formula is C16H23BrN6O. The van der Waals surface area contributed by atoms with Crippen molar-refractivity contribution in [2.45, 2.75) is 57.9 Å². The highest BCUT2D eigenvalue weighted by atomic mass is 79.9. The second-order valence-corrected chi connectivity index (χ2v) is 7.18. The molecular weight excluding hydrogens is 372 g/mol. The van der Waals surface area contributed by atoms with Crippen molar-refractivity contribution >= 4 is 21.8 Å². The van der Waals surface area contributed by atoms with Gasteiger partial charge in [0.1, 0.15) is 0 Å². The first-order chi connectivity index (χ1) is 11.5. The number of halogens is 1. The molecule has 0 bridgehead atoms. The lowest BCUT2D eigenvalue weighted by atomic mass is 9.93. The first kappa shape index (κ1) is 17.2. The maximum absolute atomic E-state index is 11.9. The van der Waals surface area contributed by atoms with Crippen LogP contribution in [0, 0.1) is 0 Å². The number of carbonyl (C=O) groups is 1. The zero-order valence-corrected chi connectivity index (χ0v) is 15.5. The standard InChI is InChI=1S/C16H23BrN6O/c1-3-22-9-12(6-18-22)16-14(4-5-15(24)21-16)20-11(2)8-23-10-13(17)7-19-23/h6-7,9-11,14,16,20H,3-5,8H2,1-2H3,(H,21,24)/t11-,14-,16+/m1/s1. The highest BCUT2D eigenvalue weighted by Crippen LogP contribution is 2.24. The maximum Gasteiger partial charge on any atom is 0.220 e. The van der Waals surface area contributed by atoms with Gasteiger partial charge in [0, 0.05) is 43.0 Å². The molecule has 0 radical (unpaired) electrons. The summed E-state index contributed by atoms with van der Waals surface area (Å²) in [7, 11) is 0. The van der Waals surface area contributed by atoms with Crippen LogP contribution in [0.3, 0.4) is 0 Å². The third kappa shape index (κ3) is 4.05. The number of aromatic nitrogens is 4. The Morgan fingerprint density at radius 2 is 2.17 bits per heavy atom. The van der Waals surface area contributed by atoms with Gasteiger partial charge in [0.2, 0.25) is 5.91 Å². The summed E-state index contributed by atoms with van der Waals surface area (Å²) in [4.78, 5) is 11.9. The van der Waals surface area contributed by atoms with Crippen molar-refractivity contribution in [1.29, 1.82) is 0 Å². The molecule has 2 N–H and O–H groups in total. The van der Waals surface area contributed by atoms with E-state index < -0.39 is 0 Å². The molecule has 2 aromatic heterocycles. The van der Waals surface area contributed by atoms with Gasteiger partial charge in [-0.15, -0.1) is 0 Å². The van der Waals surface area contributed by atoms with E-state index in [4.69, 9.17) is 0 Å². The van der Waals surface area contributed by atoms with Crippen molar-refractivity contribution in [3.8, 4) is 0 Å². The van der Waals surface area contributed by atoms with Crippen molar-refractivity contribution in [2.75, 3.05) is 0 Å². The van der Waals surface area contributed by atoms with Gasteiger partial charge in [-0.2, -0.15) is 10.2 Å². The van der Waals surface area contributed by atoms with E-state index in [1.54, 1.807) is 6.20 Å². The van der Waals surface area contributed by atoms with Crippen LogP contribution in [-0.4, -0.2) is 37.6 Å². The molecule has 3 heterocycles. The predicted octanol–water partition coefficient (Wildman–Crippen LogP) is 1.86. The monoisotopic (exact) mass is 394 g/mol. The summed E-state index contributed by atoms with van der Waals surface area (Å²) < 4.78 is 4.77. The van der Waals surface area contributed by atoms with E-state index in [2.05, 4.69) is 50.6 Å². The van der Waals surface area contributed by atoms with Crippen molar-refractivity contribution in [3.63, 3.8) is 0 Å². The summed E-state index contributed by atoms with van der Waals surface area (Å²) in [5.74, 6) is 0.103. The normalized spacial score (nSPS) is 22.4. The molecule has 3 atom stereocenters. The minimum atomic E-state index is -0.0432. The summed E-state index contributed by atoms with van der Waals surface area (Å²) in [5, 5.41) is 15.4. The van der Waals surface area contributed by atoms with Gasteiger partial charge in [0.25, 0.3) is 0 Å². The smallest absolute Gasteiger partial charge is 0.220 e. The van der Waals surface area contributed by atoms with Crippen LogP contribution in [0.25, 0.3) is 0 Å². The highest BCUT2D eigenvalue weighted by molar-refractivity contribution is 9.10. The van der Waals surface area contributed by atoms with Crippen LogP contribution in [0.1, 0.15) is 38.3 Å². The van der Waals surface area contributed by atoms with E-state index in [1.807, 2.05) is 28.0 Å². The molecule has 1 aliphatic rings. The average Bonchev–Trinajstić information content (AvgIpc) is 3.18. The van der Waals surface area contributed by atoms with E-state index in [0.29, 0.717) is 6.42 Å². The number of piperidine rings is 1. The lowest BCUT2D eigenvalue weighted by Gasteiger charge is -2.34. The third-order valence-corrected chi connectivity index (χ3v) is 4.71. The zero-order valence-electron chi connectivity index (χ0n) is 13.9. The van der Waals surface area contributed by atoms with Gasteiger partial charge in [0.15, 0.2) is 0 Å². The number of rotatable bonds is 6. The number of aryl methyl sites for hydroxylation is 1. The Morgan fingerprint density at radius 1 is 1.38 bits per heavy atom. The second kappa shape index (κ2) is 7.48. The number of amides is 1. The predicted molar refractivity (Wildman–Crippen MR) is 94.3 cm³/mol. The van der Waals surface area contributed by atoms with Crippen molar-refractivity contribution in [3.05, 3.63) is 34.8 Å². The first-order valence-electron chi connectivity index (χ1n) is 8.31. The van der Waals surface area contributed by atoms with Crippen LogP contribution >= 0.6 is 15.9 Å².